The number of benzene rings is 1. The van der Waals surface area contributed by atoms with Crippen molar-refractivity contribution in [3.8, 4) is 0 Å². The van der Waals surface area contributed by atoms with Gasteiger partial charge >= 0.3 is 0 Å². The van der Waals surface area contributed by atoms with Crippen LogP contribution in [0.4, 0.5) is 5.69 Å². The minimum absolute atomic E-state index is 0.768. The minimum Gasteiger partial charge on any atom is -0.371 e. The van der Waals surface area contributed by atoms with Gasteiger partial charge in [0.05, 0.1) is 0 Å². The first-order chi connectivity index (χ1) is 8.43. The number of anilines is 1. The van der Waals surface area contributed by atoms with Gasteiger partial charge in [-0.1, -0.05) is 18.2 Å². The molecule has 2 heteroatoms. The zero-order valence-corrected chi connectivity index (χ0v) is 10.5. The average Bonchev–Trinajstić information content (AvgIpc) is 2.89. The van der Waals surface area contributed by atoms with Gasteiger partial charge in [0.2, 0.25) is 0 Å². The van der Waals surface area contributed by atoms with Crippen molar-refractivity contribution in [3.63, 3.8) is 0 Å². The summed E-state index contributed by atoms with van der Waals surface area (Å²) in [5, 5.41) is 3.59. The summed E-state index contributed by atoms with van der Waals surface area (Å²) < 4.78 is 0. The molecule has 1 aromatic carbocycles. The lowest BCUT2D eigenvalue weighted by Gasteiger charge is -2.32. The van der Waals surface area contributed by atoms with Gasteiger partial charge in [0, 0.05) is 24.8 Å². The maximum Gasteiger partial charge on any atom is 0.0398 e. The number of nitrogens with zero attached hydrogens (tertiary/aromatic N) is 1. The highest BCUT2D eigenvalue weighted by Gasteiger charge is 2.19. The second-order valence-corrected chi connectivity index (χ2v) is 5.30. The van der Waals surface area contributed by atoms with Crippen LogP contribution < -0.4 is 10.2 Å². The first kappa shape index (κ1) is 11.1. The maximum atomic E-state index is 3.59. The van der Waals surface area contributed by atoms with Crippen molar-refractivity contribution in [2.45, 2.75) is 38.1 Å². The number of hydrogen-bond acceptors (Lipinski definition) is 2. The largest absolute Gasteiger partial charge is 0.371 e. The van der Waals surface area contributed by atoms with E-state index in [0.29, 0.717) is 0 Å². The molecular weight excluding hydrogens is 208 g/mol. The third-order valence-corrected chi connectivity index (χ3v) is 4.12. The van der Waals surface area contributed by atoms with E-state index in [1.807, 2.05) is 0 Å². The summed E-state index contributed by atoms with van der Waals surface area (Å²) in [5.74, 6) is 0. The van der Waals surface area contributed by atoms with E-state index < -0.39 is 0 Å². The molecule has 0 amide bonds. The number of hydrogen-bond donors (Lipinski definition) is 1. The van der Waals surface area contributed by atoms with E-state index in [1.165, 1.54) is 63.0 Å². The summed E-state index contributed by atoms with van der Waals surface area (Å²) in [7, 11) is 0. The highest BCUT2D eigenvalue weighted by atomic mass is 15.1. The molecule has 0 radical (unpaired) electrons. The van der Waals surface area contributed by atoms with Crippen molar-refractivity contribution in [1.82, 2.24) is 5.32 Å². The molecule has 1 atom stereocenters. The second-order valence-electron chi connectivity index (χ2n) is 5.30. The number of para-hydroxylation sites is 1. The van der Waals surface area contributed by atoms with E-state index in [2.05, 4.69) is 34.5 Å². The molecule has 2 aliphatic rings. The Hall–Kier alpha value is -1.02. The molecule has 0 saturated carbocycles. The van der Waals surface area contributed by atoms with Gasteiger partial charge in [0.1, 0.15) is 0 Å². The number of aryl methyl sites for hydroxylation is 1. The predicted octanol–water partition coefficient (Wildman–Crippen LogP) is 2.58. The third kappa shape index (κ3) is 2.47. The fourth-order valence-corrected chi connectivity index (χ4v) is 3.16. The van der Waals surface area contributed by atoms with E-state index in [0.717, 1.165) is 6.04 Å². The number of rotatable bonds is 3. The number of nitrogens with one attached hydrogen (secondary N) is 1. The monoisotopic (exact) mass is 230 g/mol. The molecule has 3 rings (SSSR count). The normalized spacial score (nSPS) is 23.8. The molecule has 0 spiro atoms. The van der Waals surface area contributed by atoms with Crippen molar-refractivity contribution >= 4 is 5.69 Å². The molecule has 1 unspecified atom stereocenters. The third-order valence-electron chi connectivity index (χ3n) is 4.12. The molecule has 92 valence electrons. The first-order valence-electron chi connectivity index (χ1n) is 7.00. The van der Waals surface area contributed by atoms with Crippen LogP contribution in [0.3, 0.4) is 0 Å². The molecular formula is C15H22N2. The Kier molecular flexibility index (Phi) is 3.32. The Morgan fingerprint density at radius 3 is 3.06 bits per heavy atom. The van der Waals surface area contributed by atoms with E-state index in [9.17, 15) is 0 Å². The Balaban J connectivity index is 1.64. The van der Waals surface area contributed by atoms with E-state index in [1.54, 1.807) is 0 Å². The highest BCUT2D eigenvalue weighted by Crippen LogP contribution is 2.27. The van der Waals surface area contributed by atoms with Gasteiger partial charge in [-0.05, 0) is 50.3 Å². The minimum atomic E-state index is 0.768. The Morgan fingerprint density at radius 2 is 2.18 bits per heavy atom. The smallest absolute Gasteiger partial charge is 0.0398 e. The van der Waals surface area contributed by atoms with Crippen molar-refractivity contribution in [1.29, 1.82) is 0 Å². The molecule has 0 bridgehead atoms. The van der Waals surface area contributed by atoms with Gasteiger partial charge in [-0.15, -0.1) is 0 Å². The Labute approximate surface area is 104 Å². The van der Waals surface area contributed by atoms with E-state index >= 15 is 0 Å². The quantitative estimate of drug-likeness (QED) is 0.858. The average molecular weight is 230 g/mol. The van der Waals surface area contributed by atoms with Gasteiger partial charge in [-0.2, -0.15) is 0 Å². The molecule has 2 aliphatic heterocycles. The zero-order valence-electron chi connectivity index (χ0n) is 10.5. The van der Waals surface area contributed by atoms with Crippen LogP contribution in [0.5, 0.6) is 0 Å². The maximum absolute atomic E-state index is 3.59. The molecule has 0 aromatic heterocycles. The molecule has 17 heavy (non-hydrogen) atoms. The fraction of sp³-hybridized carbons (Fsp3) is 0.600. The highest BCUT2D eigenvalue weighted by molar-refractivity contribution is 5.55. The summed E-state index contributed by atoms with van der Waals surface area (Å²) in [6, 6.07) is 9.68. The first-order valence-corrected chi connectivity index (χ1v) is 7.00. The van der Waals surface area contributed by atoms with E-state index in [-0.39, 0.29) is 0 Å². The van der Waals surface area contributed by atoms with Gasteiger partial charge in [-0.25, -0.2) is 0 Å². The van der Waals surface area contributed by atoms with Crippen LogP contribution in [0.1, 0.15) is 31.2 Å². The van der Waals surface area contributed by atoms with Crippen LogP contribution in [0.15, 0.2) is 24.3 Å². The molecule has 1 fully saturated rings. The van der Waals surface area contributed by atoms with Crippen LogP contribution in [-0.4, -0.2) is 25.7 Å². The Morgan fingerprint density at radius 1 is 1.24 bits per heavy atom. The van der Waals surface area contributed by atoms with Crippen LogP contribution in [-0.2, 0) is 6.42 Å². The summed E-state index contributed by atoms with van der Waals surface area (Å²) in [4.78, 5) is 2.58. The van der Waals surface area contributed by atoms with Crippen LogP contribution in [0.2, 0.25) is 0 Å². The van der Waals surface area contributed by atoms with Crippen molar-refractivity contribution in [3.05, 3.63) is 29.8 Å². The van der Waals surface area contributed by atoms with Gasteiger partial charge in [0.15, 0.2) is 0 Å². The molecule has 1 aromatic rings. The lowest BCUT2D eigenvalue weighted by Crippen LogP contribution is -2.34. The SMILES string of the molecule is c1ccc2c(c1)CCCN2CCC1CCCN1. The molecule has 1 N–H and O–H groups in total. The van der Waals surface area contributed by atoms with E-state index in [4.69, 9.17) is 0 Å². The van der Waals surface area contributed by atoms with Gasteiger partial charge < -0.3 is 10.2 Å². The summed E-state index contributed by atoms with van der Waals surface area (Å²) >= 11 is 0. The molecule has 1 saturated heterocycles. The fourth-order valence-electron chi connectivity index (χ4n) is 3.16. The zero-order chi connectivity index (χ0) is 11.5. The standard InChI is InChI=1S/C15H22N2/c1-2-8-15-13(5-1)6-4-11-17(15)12-9-14-7-3-10-16-14/h1-2,5,8,14,16H,3-4,6-7,9-12H2. The molecule has 2 nitrogen and oxygen atoms in total. The topological polar surface area (TPSA) is 15.3 Å². The van der Waals surface area contributed by atoms with Gasteiger partial charge in [-0.3, -0.25) is 0 Å². The molecule has 0 aliphatic carbocycles. The second kappa shape index (κ2) is 5.09. The van der Waals surface area contributed by atoms with Crippen LogP contribution in [0.25, 0.3) is 0 Å². The lowest BCUT2D eigenvalue weighted by atomic mass is 10.0. The number of fused-ring (bicyclic) bond motifs is 1. The molecule has 2 heterocycles. The predicted molar refractivity (Wildman–Crippen MR) is 72.6 cm³/mol. The van der Waals surface area contributed by atoms with Crippen molar-refractivity contribution < 1.29 is 0 Å². The Bertz CT molecular complexity index is 369. The summed E-state index contributed by atoms with van der Waals surface area (Å²) in [6.07, 6.45) is 6.61. The van der Waals surface area contributed by atoms with Crippen LogP contribution in [0, 0.1) is 0 Å². The lowest BCUT2D eigenvalue weighted by molar-refractivity contribution is 0.542. The summed E-state index contributed by atoms with van der Waals surface area (Å²) in [5.41, 5.74) is 3.02. The van der Waals surface area contributed by atoms with Gasteiger partial charge in [0.25, 0.3) is 0 Å². The van der Waals surface area contributed by atoms with Crippen molar-refractivity contribution in [2.75, 3.05) is 24.5 Å². The summed E-state index contributed by atoms with van der Waals surface area (Å²) in [6.45, 7) is 3.68. The van der Waals surface area contributed by atoms with Crippen molar-refractivity contribution in [2.24, 2.45) is 0 Å². The van der Waals surface area contributed by atoms with Crippen LogP contribution >= 0.6 is 0 Å².